The van der Waals surface area contributed by atoms with E-state index in [1.807, 2.05) is 36.4 Å². The van der Waals surface area contributed by atoms with E-state index in [0.717, 1.165) is 59.2 Å². The summed E-state index contributed by atoms with van der Waals surface area (Å²) in [5, 5.41) is 5.64. The highest BCUT2D eigenvalue weighted by atomic mass is 35.5. The fourth-order valence-corrected chi connectivity index (χ4v) is 6.25. The molecule has 1 aliphatic heterocycles. The third-order valence-electron chi connectivity index (χ3n) is 6.67. The lowest BCUT2D eigenvalue weighted by atomic mass is 9.99. The molecule has 1 aliphatic rings. The zero-order chi connectivity index (χ0) is 23.1. The number of carbonyl (C=O) groups excluding carboxylic acids is 1. The van der Waals surface area contributed by atoms with Crippen LogP contribution in [0.3, 0.4) is 0 Å². The number of hydrogen-bond acceptors (Lipinski definition) is 3. The average molecular weight is 486 g/mol. The van der Waals surface area contributed by atoms with Crippen LogP contribution in [0, 0.1) is 0 Å². The highest BCUT2D eigenvalue weighted by Crippen LogP contribution is 2.35. The Hall–Kier alpha value is -3.12. The topological polar surface area (TPSA) is 48.1 Å². The number of aromatic amines is 1. The van der Waals surface area contributed by atoms with Gasteiger partial charge < -0.3 is 10.3 Å². The second-order valence-electron chi connectivity index (χ2n) is 8.81. The largest absolute Gasteiger partial charge is 0.361 e. The number of thiophene rings is 1. The second-order valence-corrected chi connectivity index (χ2v) is 10.2. The second kappa shape index (κ2) is 8.91. The number of H-pyrrole nitrogens is 1. The molecule has 0 aliphatic carbocycles. The molecule has 0 saturated carbocycles. The predicted molar refractivity (Wildman–Crippen MR) is 142 cm³/mol. The molecule has 0 fully saturated rings. The van der Waals surface area contributed by atoms with Crippen molar-refractivity contribution in [2.75, 3.05) is 18.4 Å². The lowest BCUT2D eigenvalue weighted by Crippen LogP contribution is -2.32. The van der Waals surface area contributed by atoms with Crippen molar-refractivity contribution < 1.29 is 4.79 Å². The molecule has 0 atom stereocenters. The van der Waals surface area contributed by atoms with E-state index in [1.54, 1.807) is 0 Å². The van der Waals surface area contributed by atoms with Gasteiger partial charge in [-0.05, 0) is 53.8 Å². The maximum Gasteiger partial charge on any atom is 0.267 e. The molecule has 3 aromatic carbocycles. The first kappa shape index (κ1) is 21.4. The first-order valence-electron chi connectivity index (χ1n) is 11.5. The van der Waals surface area contributed by atoms with E-state index in [4.69, 9.17) is 11.6 Å². The maximum absolute atomic E-state index is 13.0. The fraction of sp³-hybridized carbons (Fsp3) is 0.179. The normalized spacial score (nSPS) is 13.9. The first-order valence-corrected chi connectivity index (χ1v) is 12.7. The van der Waals surface area contributed by atoms with Gasteiger partial charge in [0.2, 0.25) is 0 Å². The van der Waals surface area contributed by atoms with Crippen LogP contribution in [0.1, 0.15) is 26.4 Å². The fourth-order valence-electron chi connectivity index (χ4n) is 4.83. The quantitative estimate of drug-likeness (QED) is 0.285. The number of carbonyl (C=O) groups is 1. The summed E-state index contributed by atoms with van der Waals surface area (Å²) in [7, 11) is 0. The van der Waals surface area contributed by atoms with Gasteiger partial charge in [-0.15, -0.1) is 11.3 Å². The van der Waals surface area contributed by atoms with Gasteiger partial charge in [-0.1, -0.05) is 54.1 Å². The first-order chi connectivity index (χ1) is 16.7. The Labute approximate surface area is 207 Å². The number of rotatable bonds is 5. The Morgan fingerprint density at radius 3 is 2.74 bits per heavy atom. The number of fused-ring (bicyclic) bond motifs is 3. The number of nitrogens with zero attached hydrogens (tertiary/aromatic N) is 1. The zero-order valence-corrected chi connectivity index (χ0v) is 20.2. The molecule has 6 heteroatoms. The Morgan fingerprint density at radius 2 is 1.85 bits per heavy atom. The molecule has 0 saturated heterocycles. The summed E-state index contributed by atoms with van der Waals surface area (Å²) in [5.74, 6) is -0.172. The molecule has 0 radical (unpaired) electrons. The third kappa shape index (κ3) is 4.00. The van der Waals surface area contributed by atoms with E-state index in [1.165, 1.54) is 28.0 Å². The van der Waals surface area contributed by atoms with E-state index in [0.29, 0.717) is 9.90 Å². The summed E-state index contributed by atoms with van der Waals surface area (Å²) < 4.78 is 1.02. The van der Waals surface area contributed by atoms with E-state index >= 15 is 0 Å². The van der Waals surface area contributed by atoms with E-state index in [2.05, 4.69) is 51.7 Å². The number of aromatic nitrogens is 1. The van der Waals surface area contributed by atoms with Crippen LogP contribution in [0.15, 0.2) is 72.9 Å². The lowest BCUT2D eigenvalue weighted by Gasteiger charge is -2.28. The summed E-state index contributed by atoms with van der Waals surface area (Å²) in [5.41, 5.74) is 6.04. The van der Waals surface area contributed by atoms with Gasteiger partial charge in [0, 0.05) is 52.5 Å². The Kier molecular flexibility index (Phi) is 5.61. The lowest BCUT2D eigenvalue weighted by molar-refractivity contribution is 0.103. The van der Waals surface area contributed by atoms with Crippen molar-refractivity contribution in [3.8, 4) is 0 Å². The van der Waals surface area contributed by atoms with Gasteiger partial charge in [0.1, 0.15) is 4.88 Å². The van der Waals surface area contributed by atoms with Gasteiger partial charge in [0.25, 0.3) is 5.91 Å². The molecule has 34 heavy (non-hydrogen) atoms. The van der Waals surface area contributed by atoms with Crippen LogP contribution in [0.25, 0.3) is 21.0 Å². The molecule has 2 N–H and O–H groups in total. The minimum Gasteiger partial charge on any atom is -0.361 e. The molecule has 0 bridgehead atoms. The SMILES string of the molecule is O=C(Nc1ccc2[nH]cc(CCN3CCc4ccccc4C3)c2c1)c1sc2ccccc2c1Cl. The van der Waals surface area contributed by atoms with Gasteiger partial charge >= 0.3 is 0 Å². The van der Waals surface area contributed by atoms with Crippen molar-refractivity contribution in [3.63, 3.8) is 0 Å². The molecule has 5 aromatic rings. The predicted octanol–water partition coefficient (Wildman–Crippen LogP) is 6.89. The number of halogens is 1. The highest BCUT2D eigenvalue weighted by Gasteiger charge is 2.18. The van der Waals surface area contributed by atoms with Crippen molar-refractivity contribution in [1.82, 2.24) is 9.88 Å². The average Bonchev–Trinajstić information content (AvgIpc) is 3.43. The summed E-state index contributed by atoms with van der Waals surface area (Å²) >= 11 is 7.93. The summed E-state index contributed by atoms with van der Waals surface area (Å²) in [4.78, 5) is 19.4. The van der Waals surface area contributed by atoms with Crippen molar-refractivity contribution in [2.24, 2.45) is 0 Å². The van der Waals surface area contributed by atoms with Crippen LogP contribution in [0.5, 0.6) is 0 Å². The van der Waals surface area contributed by atoms with Crippen molar-refractivity contribution in [2.45, 2.75) is 19.4 Å². The van der Waals surface area contributed by atoms with Gasteiger partial charge in [-0.2, -0.15) is 0 Å². The van der Waals surface area contributed by atoms with Crippen molar-refractivity contribution in [3.05, 3.63) is 99.5 Å². The Bertz CT molecular complexity index is 1520. The molecule has 6 rings (SSSR count). The van der Waals surface area contributed by atoms with Crippen LogP contribution >= 0.6 is 22.9 Å². The molecular weight excluding hydrogens is 462 g/mol. The third-order valence-corrected chi connectivity index (χ3v) is 8.35. The van der Waals surface area contributed by atoms with Crippen molar-refractivity contribution in [1.29, 1.82) is 0 Å². The highest BCUT2D eigenvalue weighted by molar-refractivity contribution is 7.21. The molecule has 3 heterocycles. The van der Waals surface area contributed by atoms with Crippen LogP contribution < -0.4 is 5.32 Å². The van der Waals surface area contributed by atoms with Gasteiger partial charge in [0.05, 0.1) is 5.02 Å². The minimum atomic E-state index is -0.172. The van der Waals surface area contributed by atoms with Gasteiger partial charge in [-0.25, -0.2) is 0 Å². The molecule has 2 aromatic heterocycles. The van der Waals surface area contributed by atoms with Crippen LogP contribution in [-0.4, -0.2) is 28.9 Å². The molecule has 0 unspecified atom stereocenters. The Morgan fingerprint density at radius 1 is 1.03 bits per heavy atom. The smallest absolute Gasteiger partial charge is 0.267 e. The number of amides is 1. The van der Waals surface area contributed by atoms with Crippen LogP contribution in [0.2, 0.25) is 5.02 Å². The van der Waals surface area contributed by atoms with Crippen molar-refractivity contribution >= 4 is 55.5 Å². The van der Waals surface area contributed by atoms with E-state index in [9.17, 15) is 4.79 Å². The van der Waals surface area contributed by atoms with E-state index in [-0.39, 0.29) is 5.91 Å². The van der Waals surface area contributed by atoms with Gasteiger partial charge in [-0.3, -0.25) is 9.69 Å². The zero-order valence-electron chi connectivity index (χ0n) is 18.6. The number of anilines is 1. The van der Waals surface area contributed by atoms with E-state index < -0.39 is 0 Å². The van der Waals surface area contributed by atoms with Crippen LogP contribution in [0.4, 0.5) is 5.69 Å². The van der Waals surface area contributed by atoms with Crippen LogP contribution in [-0.2, 0) is 19.4 Å². The monoisotopic (exact) mass is 485 g/mol. The number of nitrogens with one attached hydrogen (secondary N) is 2. The number of benzene rings is 3. The summed E-state index contributed by atoms with van der Waals surface area (Å²) in [6, 6.07) is 22.6. The summed E-state index contributed by atoms with van der Waals surface area (Å²) in [6.07, 6.45) is 4.17. The molecule has 4 nitrogen and oxygen atoms in total. The molecule has 170 valence electrons. The molecular formula is C28H24ClN3OS. The summed E-state index contributed by atoms with van der Waals surface area (Å²) in [6.45, 7) is 3.11. The molecule has 0 spiro atoms. The molecule has 1 amide bonds. The standard InChI is InChI=1S/C28H24ClN3OS/c29-26-22-7-3-4-8-25(22)34-27(26)28(33)31-21-9-10-24-23(15-21)19(16-30-24)12-14-32-13-11-18-5-1-2-6-20(18)17-32/h1-10,15-16,30H,11-14,17H2,(H,31,33). The Balaban J connectivity index is 1.18. The van der Waals surface area contributed by atoms with Gasteiger partial charge in [0.15, 0.2) is 0 Å². The number of hydrogen-bond donors (Lipinski definition) is 2. The minimum absolute atomic E-state index is 0.172. The maximum atomic E-state index is 13.0.